The van der Waals surface area contributed by atoms with Crippen LogP contribution in [-0.2, 0) is 13.1 Å². The van der Waals surface area contributed by atoms with Crippen LogP contribution in [0.3, 0.4) is 0 Å². The lowest BCUT2D eigenvalue weighted by Crippen LogP contribution is -2.45. The number of piperazine rings is 1. The molecule has 0 amide bonds. The van der Waals surface area contributed by atoms with E-state index in [1.807, 2.05) is 13.0 Å². The summed E-state index contributed by atoms with van der Waals surface area (Å²) in [5, 5.41) is 6.67. The van der Waals surface area contributed by atoms with Gasteiger partial charge in [-0.2, -0.15) is 0 Å². The second-order valence-electron chi connectivity index (χ2n) is 6.63. The largest absolute Gasteiger partial charge is 0.360 e. The van der Waals surface area contributed by atoms with Crippen molar-refractivity contribution in [2.75, 3.05) is 26.2 Å². The van der Waals surface area contributed by atoms with E-state index in [4.69, 9.17) is 4.52 Å². The fraction of sp³-hybridized carbons (Fsp3) is 0.350. The molecule has 3 aromatic rings. The van der Waals surface area contributed by atoms with Crippen LogP contribution in [0.5, 0.6) is 0 Å². The highest BCUT2D eigenvalue weighted by molar-refractivity contribution is 5.85. The van der Waals surface area contributed by atoms with Crippen molar-refractivity contribution in [2.24, 2.45) is 0 Å². The molecular formula is C20H23N3O. The van der Waals surface area contributed by atoms with E-state index in [2.05, 4.69) is 57.4 Å². The second kappa shape index (κ2) is 6.75. The molecule has 0 unspecified atom stereocenters. The molecule has 0 bridgehead atoms. The number of benzene rings is 2. The van der Waals surface area contributed by atoms with E-state index >= 15 is 0 Å². The SMILES string of the molecule is Cc1cc(CN2CCN(Cc3cccc4ccccc34)CC2)on1. The fourth-order valence-electron chi connectivity index (χ4n) is 3.49. The molecule has 0 saturated carbocycles. The number of nitrogens with zero attached hydrogens (tertiary/aromatic N) is 3. The zero-order chi connectivity index (χ0) is 16.4. The van der Waals surface area contributed by atoms with Crippen LogP contribution in [0.1, 0.15) is 17.0 Å². The van der Waals surface area contributed by atoms with E-state index in [0.717, 1.165) is 50.7 Å². The Labute approximate surface area is 142 Å². The molecule has 1 aromatic heterocycles. The number of hydrogen-bond donors (Lipinski definition) is 0. The zero-order valence-electron chi connectivity index (χ0n) is 14.1. The molecule has 0 spiro atoms. The molecule has 124 valence electrons. The van der Waals surface area contributed by atoms with Gasteiger partial charge in [0.15, 0.2) is 5.76 Å². The van der Waals surface area contributed by atoms with Crippen LogP contribution in [0.15, 0.2) is 53.1 Å². The van der Waals surface area contributed by atoms with Crippen molar-refractivity contribution >= 4 is 10.8 Å². The van der Waals surface area contributed by atoms with E-state index in [0.29, 0.717) is 0 Å². The molecule has 1 aliphatic rings. The molecule has 1 saturated heterocycles. The number of aryl methyl sites for hydroxylation is 1. The van der Waals surface area contributed by atoms with E-state index < -0.39 is 0 Å². The van der Waals surface area contributed by atoms with Gasteiger partial charge in [0.1, 0.15) is 0 Å². The normalized spacial score (nSPS) is 16.7. The van der Waals surface area contributed by atoms with Crippen LogP contribution in [-0.4, -0.2) is 41.1 Å². The number of fused-ring (bicyclic) bond motifs is 1. The summed E-state index contributed by atoms with van der Waals surface area (Å²) in [7, 11) is 0. The summed E-state index contributed by atoms with van der Waals surface area (Å²) < 4.78 is 5.33. The first-order chi connectivity index (χ1) is 11.8. The zero-order valence-corrected chi connectivity index (χ0v) is 14.1. The Morgan fingerprint density at radius 3 is 2.38 bits per heavy atom. The molecule has 0 N–H and O–H groups in total. The van der Waals surface area contributed by atoms with Crippen molar-refractivity contribution in [2.45, 2.75) is 20.0 Å². The molecular weight excluding hydrogens is 298 g/mol. The smallest absolute Gasteiger partial charge is 0.150 e. The van der Waals surface area contributed by atoms with Gasteiger partial charge in [0.05, 0.1) is 12.2 Å². The summed E-state index contributed by atoms with van der Waals surface area (Å²) in [5.41, 5.74) is 2.38. The quantitative estimate of drug-likeness (QED) is 0.737. The summed E-state index contributed by atoms with van der Waals surface area (Å²) in [6.07, 6.45) is 0. The van der Waals surface area contributed by atoms with Crippen molar-refractivity contribution in [3.63, 3.8) is 0 Å². The van der Waals surface area contributed by atoms with Crippen LogP contribution >= 0.6 is 0 Å². The molecule has 0 aliphatic carbocycles. The van der Waals surface area contributed by atoms with Crippen molar-refractivity contribution in [1.82, 2.24) is 15.0 Å². The maximum absolute atomic E-state index is 5.33. The third-order valence-corrected chi connectivity index (χ3v) is 4.80. The van der Waals surface area contributed by atoms with E-state index in [-0.39, 0.29) is 0 Å². The van der Waals surface area contributed by atoms with Gasteiger partial charge in [-0.3, -0.25) is 9.80 Å². The lowest BCUT2D eigenvalue weighted by Gasteiger charge is -2.34. The monoisotopic (exact) mass is 321 g/mol. The molecule has 1 fully saturated rings. The first kappa shape index (κ1) is 15.4. The van der Waals surface area contributed by atoms with Gasteiger partial charge in [-0.25, -0.2) is 0 Å². The molecule has 1 aliphatic heterocycles. The molecule has 4 nitrogen and oxygen atoms in total. The van der Waals surface area contributed by atoms with Crippen LogP contribution in [0.25, 0.3) is 10.8 Å². The average molecular weight is 321 g/mol. The topological polar surface area (TPSA) is 32.5 Å². The van der Waals surface area contributed by atoms with Gasteiger partial charge < -0.3 is 4.52 Å². The van der Waals surface area contributed by atoms with Gasteiger partial charge in [0.2, 0.25) is 0 Å². The summed E-state index contributed by atoms with van der Waals surface area (Å²) in [4.78, 5) is 4.99. The van der Waals surface area contributed by atoms with E-state index in [9.17, 15) is 0 Å². The highest BCUT2D eigenvalue weighted by atomic mass is 16.5. The van der Waals surface area contributed by atoms with Gasteiger partial charge in [0, 0.05) is 38.8 Å². The Bertz CT molecular complexity index is 813. The minimum absolute atomic E-state index is 0.864. The highest BCUT2D eigenvalue weighted by Crippen LogP contribution is 2.20. The van der Waals surface area contributed by atoms with Crippen LogP contribution < -0.4 is 0 Å². The first-order valence-electron chi connectivity index (χ1n) is 8.61. The molecule has 0 radical (unpaired) electrons. The predicted molar refractivity (Wildman–Crippen MR) is 95.7 cm³/mol. The second-order valence-corrected chi connectivity index (χ2v) is 6.63. The number of aromatic nitrogens is 1. The minimum atomic E-state index is 0.864. The lowest BCUT2D eigenvalue weighted by atomic mass is 10.0. The number of rotatable bonds is 4. The Kier molecular flexibility index (Phi) is 4.32. The molecule has 4 heteroatoms. The Balaban J connectivity index is 1.37. The molecule has 4 rings (SSSR count). The molecule has 0 atom stereocenters. The van der Waals surface area contributed by atoms with Gasteiger partial charge in [-0.05, 0) is 23.3 Å². The standard InChI is InChI=1S/C20H23N3O/c1-16-13-19(24-21-16)15-23-11-9-22(10-12-23)14-18-7-4-6-17-5-2-3-8-20(17)18/h2-8,13H,9-12,14-15H2,1H3. The maximum Gasteiger partial charge on any atom is 0.150 e. The van der Waals surface area contributed by atoms with Crippen molar-refractivity contribution in [3.8, 4) is 0 Å². The molecule has 2 aromatic carbocycles. The van der Waals surface area contributed by atoms with Crippen molar-refractivity contribution in [1.29, 1.82) is 0 Å². The maximum atomic E-state index is 5.33. The number of hydrogen-bond acceptors (Lipinski definition) is 4. The first-order valence-corrected chi connectivity index (χ1v) is 8.61. The summed E-state index contributed by atoms with van der Waals surface area (Å²) in [6, 6.07) is 17.3. The van der Waals surface area contributed by atoms with Crippen LogP contribution in [0.2, 0.25) is 0 Å². The third-order valence-electron chi connectivity index (χ3n) is 4.80. The van der Waals surface area contributed by atoms with Gasteiger partial charge >= 0.3 is 0 Å². The fourth-order valence-corrected chi connectivity index (χ4v) is 3.49. The van der Waals surface area contributed by atoms with Gasteiger partial charge in [0.25, 0.3) is 0 Å². The third kappa shape index (κ3) is 3.35. The van der Waals surface area contributed by atoms with Gasteiger partial charge in [-0.1, -0.05) is 47.6 Å². The van der Waals surface area contributed by atoms with Crippen molar-refractivity contribution < 1.29 is 4.52 Å². The Hall–Kier alpha value is -2.17. The summed E-state index contributed by atoms with van der Waals surface area (Å²) in [5.74, 6) is 0.968. The highest BCUT2D eigenvalue weighted by Gasteiger charge is 2.18. The average Bonchev–Trinajstić information content (AvgIpc) is 3.02. The summed E-state index contributed by atoms with van der Waals surface area (Å²) in [6.45, 7) is 8.19. The Morgan fingerprint density at radius 2 is 1.62 bits per heavy atom. The molecule has 2 heterocycles. The minimum Gasteiger partial charge on any atom is -0.360 e. The lowest BCUT2D eigenvalue weighted by molar-refractivity contribution is 0.114. The van der Waals surface area contributed by atoms with Gasteiger partial charge in [-0.15, -0.1) is 0 Å². The Morgan fingerprint density at radius 1 is 0.917 bits per heavy atom. The van der Waals surface area contributed by atoms with E-state index in [1.165, 1.54) is 16.3 Å². The van der Waals surface area contributed by atoms with Crippen LogP contribution in [0, 0.1) is 6.92 Å². The van der Waals surface area contributed by atoms with Crippen LogP contribution in [0.4, 0.5) is 0 Å². The van der Waals surface area contributed by atoms with Crippen molar-refractivity contribution in [3.05, 3.63) is 65.5 Å². The summed E-state index contributed by atoms with van der Waals surface area (Å²) >= 11 is 0. The van der Waals surface area contributed by atoms with E-state index in [1.54, 1.807) is 0 Å². The predicted octanol–water partition coefficient (Wildman–Crippen LogP) is 3.45. The molecule has 24 heavy (non-hydrogen) atoms.